The fourth-order valence-electron chi connectivity index (χ4n) is 0.917. The number of nitrogens with one attached hydrogen (secondary N) is 2. The Bertz CT molecular complexity index is 333. The molecular formula is C6H7N5. The fraction of sp³-hybridized carbons (Fsp3) is 0. The number of hydrogen-bond donors (Lipinski definition) is 3. The molecule has 11 heavy (non-hydrogen) atoms. The van der Waals surface area contributed by atoms with Crippen LogP contribution in [0.1, 0.15) is 0 Å². The van der Waals surface area contributed by atoms with E-state index >= 15 is 0 Å². The van der Waals surface area contributed by atoms with E-state index in [0.717, 1.165) is 11.3 Å². The first kappa shape index (κ1) is 5.96. The molecule has 56 valence electrons. The minimum Gasteiger partial charge on any atom is -0.384 e. The second-order valence-electron chi connectivity index (χ2n) is 2.17. The van der Waals surface area contributed by atoms with E-state index in [9.17, 15) is 0 Å². The zero-order chi connectivity index (χ0) is 7.68. The van der Waals surface area contributed by atoms with Crippen molar-refractivity contribution in [3.05, 3.63) is 18.5 Å². The minimum absolute atomic E-state index is 0.550. The van der Waals surface area contributed by atoms with Crippen molar-refractivity contribution in [3.63, 3.8) is 0 Å². The number of nitrogens with two attached hydrogens (primary N) is 1. The molecule has 0 spiro atoms. The molecule has 5 nitrogen and oxygen atoms in total. The first-order valence-corrected chi connectivity index (χ1v) is 3.16. The molecule has 0 aliphatic rings. The summed E-state index contributed by atoms with van der Waals surface area (Å²) < 4.78 is 0. The number of nitrogen functional groups attached to an aromatic ring is 1. The highest BCUT2D eigenvalue weighted by Gasteiger charge is 2.03. The molecule has 0 amide bonds. The molecule has 0 aliphatic carbocycles. The van der Waals surface area contributed by atoms with Crippen molar-refractivity contribution in [3.8, 4) is 11.3 Å². The number of H-pyrrole nitrogens is 2. The molecule has 0 fully saturated rings. The van der Waals surface area contributed by atoms with Crippen LogP contribution in [0.4, 0.5) is 5.82 Å². The average Bonchev–Trinajstić information content (AvgIpc) is 2.55. The van der Waals surface area contributed by atoms with Gasteiger partial charge in [0.25, 0.3) is 0 Å². The highest BCUT2D eigenvalue weighted by Crippen LogP contribution is 2.19. The van der Waals surface area contributed by atoms with Gasteiger partial charge in [-0.15, -0.1) is 0 Å². The van der Waals surface area contributed by atoms with E-state index in [-0.39, 0.29) is 0 Å². The zero-order valence-electron chi connectivity index (χ0n) is 5.70. The standard InChI is InChI=1S/C6H7N5/c7-6-4(3-9-11-6)5-1-2-8-10-5/h1-3H,(H,8,10)(H3,7,9,11). The van der Waals surface area contributed by atoms with Gasteiger partial charge in [-0.25, -0.2) is 0 Å². The average molecular weight is 149 g/mol. The lowest BCUT2D eigenvalue weighted by molar-refractivity contribution is 1.10. The van der Waals surface area contributed by atoms with Gasteiger partial charge in [0.15, 0.2) is 0 Å². The maximum Gasteiger partial charge on any atom is 0.128 e. The van der Waals surface area contributed by atoms with Gasteiger partial charge < -0.3 is 5.73 Å². The number of aromatic amines is 2. The highest BCUT2D eigenvalue weighted by molar-refractivity contribution is 5.69. The zero-order valence-corrected chi connectivity index (χ0v) is 5.70. The summed E-state index contributed by atoms with van der Waals surface area (Å²) in [5.74, 6) is 0.550. The first-order chi connectivity index (χ1) is 5.38. The Morgan fingerprint density at radius 3 is 2.73 bits per heavy atom. The van der Waals surface area contributed by atoms with Crippen LogP contribution in [0.15, 0.2) is 18.5 Å². The fourth-order valence-corrected chi connectivity index (χ4v) is 0.917. The van der Waals surface area contributed by atoms with Gasteiger partial charge in [-0.1, -0.05) is 0 Å². The van der Waals surface area contributed by atoms with Gasteiger partial charge >= 0.3 is 0 Å². The lowest BCUT2D eigenvalue weighted by Gasteiger charge is -1.90. The monoisotopic (exact) mass is 149 g/mol. The maximum absolute atomic E-state index is 5.57. The summed E-state index contributed by atoms with van der Waals surface area (Å²) in [6, 6.07) is 1.83. The van der Waals surface area contributed by atoms with E-state index in [1.165, 1.54) is 0 Å². The number of hydrogen-bond acceptors (Lipinski definition) is 3. The molecule has 0 aromatic carbocycles. The molecule has 0 saturated heterocycles. The second kappa shape index (κ2) is 2.12. The van der Waals surface area contributed by atoms with Gasteiger partial charge in [0.1, 0.15) is 5.82 Å². The van der Waals surface area contributed by atoms with Crippen molar-refractivity contribution in [2.45, 2.75) is 0 Å². The lowest BCUT2D eigenvalue weighted by atomic mass is 10.2. The molecule has 0 atom stereocenters. The summed E-state index contributed by atoms with van der Waals surface area (Å²) in [5, 5.41) is 13.0. The van der Waals surface area contributed by atoms with Crippen molar-refractivity contribution in [1.29, 1.82) is 0 Å². The maximum atomic E-state index is 5.57. The normalized spacial score (nSPS) is 10.2. The van der Waals surface area contributed by atoms with Gasteiger partial charge in [-0.2, -0.15) is 10.2 Å². The van der Waals surface area contributed by atoms with Crippen molar-refractivity contribution in [2.75, 3.05) is 5.73 Å². The quantitative estimate of drug-likeness (QED) is 0.548. The van der Waals surface area contributed by atoms with E-state index in [0.29, 0.717) is 5.82 Å². The largest absolute Gasteiger partial charge is 0.384 e. The third kappa shape index (κ3) is 0.861. The number of aromatic nitrogens is 4. The Balaban J connectivity index is 2.53. The number of rotatable bonds is 1. The first-order valence-electron chi connectivity index (χ1n) is 3.16. The predicted molar refractivity (Wildman–Crippen MR) is 40.6 cm³/mol. The van der Waals surface area contributed by atoms with E-state index in [2.05, 4.69) is 20.4 Å². The summed E-state index contributed by atoms with van der Waals surface area (Å²) in [6.07, 6.45) is 3.32. The van der Waals surface area contributed by atoms with Crippen molar-refractivity contribution < 1.29 is 0 Å². The van der Waals surface area contributed by atoms with E-state index in [1.807, 2.05) is 6.07 Å². The summed E-state index contributed by atoms with van der Waals surface area (Å²) in [6.45, 7) is 0. The smallest absolute Gasteiger partial charge is 0.128 e. The third-order valence-corrected chi connectivity index (χ3v) is 1.46. The molecule has 0 unspecified atom stereocenters. The molecular weight excluding hydrogens is 142 g/mol. The van der Waals surface area contributed by atoms with Crippen LogP contribution in [-0.4, -0.2) is 20.4 Å². The van der Waals surface area contributed by atoms with Gasteiger partial charge in [-0.3, -0.25) is 10.2 Å². The van der Waals surface area contributed by atoms with Gasteiger partial charge in [0.05, 0.1) is 17.5 Å². The Kier molecular flexibility index (Phi) is 1.15. The Hall–Kier alpha value is -1.78. The topological polar surface area (TPSA) is 83.4 Å². The Morgan fingerprint density at radius 2 is 2.18 bits per heavy atom. The van der Waals surface area contributed by atoms with Gasteiger partial charge in [0, 0.05) is 6.20 Å². The molecule has 0 radical (unpaired) electrons. The van der Waals surface area contributed by atoms with Crippen molar-refractivity contribution in [1.82, 2.24) is 20.4 Å². The van der Waals surface area contributed by atoms with Crippen molar-refractivity contribution >= 4 is 5.82 Å². The lowest BCUT2D eigenvalue weighted by Crippen LogP contribution is -1.87. The van der Waals surface area contributed by atoms with Crippen molar-refractivity contribution in [2.24, 2.45) is 0 Å². The van der Waals surface area contributed by atoms with E-state index in [4.69, 9.17) is 5.73 Å². The molecule has 2 aromatic heterocycles. The molecule has 0 aliphatic heterocycles. The Labute approximate surface area is 62.6 Å². The van der Waals surface area contributed by atoms with Gasteiger partial charge in [-0.05, 0) is 6.07 Å². The van der Waals surface area contributed by atoms with Crippen LogP contribution in [0.3, 0.4) is 0 Å². The molecule has 0 saturated carbocycles. The third-order valence-electron chi connectivity index (χ3n) is 1.46. The minimum atomic E-state index is 0.550. The van der Waals surface area contributed by atoms with Gasteiger partial charge in [0.2, 0.25) is 0 Å². The SMILES string of the molecule is Nc1[nH]ncc1-c1ccn[nH]1. The predicted octanol–water partition coefficient (Wildman–Crippen LogP) is 0.382. The van der Waals surface area contributed by atoms with Crippen LogP contribution in [0.2, 0.25) is 0 Å². The number of anilines is 1. The molecule has 2 heterocycles. The summed E-state index contributed by atoms with van der Waals surface area (Å²) in [5.41, 5.74) is 7.29. The molecule has 4 N–H and O–H groups in total. The van der Waals surface area contributed by atoms with Crippen LogP contribution >= 0.6 is 0 Å². The summed E-state index contributed by atoms with van der Waals surface area (Å²) in [4.78, 5) is 0. The highest BCUT2D eigenvalue weighted by atomic mass is 15.2. The summed E-state index contributed by atoms with van der Waals surface area (Å²) >= 11 is 0. The van der Waals surface area contributed by atoms with Crippen LogP contribution in [-0.2, 0) is 0 Å². The molecule has 2 aromatic rings. The van der Waals surface area contributed by atoms with Crippen LogP contribution in [0.5, 0.6) is 0 Å². The summed E-state index contributed by atoms with van der Waals surface area (Å²) in [7, 11) is 0. The number of nitrogens with zero attached hydrogens (tertiary/aromatic N) is 2. The van der Waals surface area contributed by atoms with Crippen LogP contribution in [0.25, 0.3) is 11.3 Å². The van der Waals surface area contributed by atoms with Crippen LogP contribution < -0.4 is 5.73 Å². The molecule has 0 bridgehead atoms. The Morgan fingerprint density at radius 1 is 1.27 bits per heavy atom. The second-order valence-corrected chi connectivity index (χ2v) is 2.17. The molecule has 2 rings (SSSR count). The van der Waals surface area contributed by atoms with E-state index in [1.54, 1.807) is 12.4 Å². The van der Waals surface area contributed by atoms with E-state index < -0.39 is 0 Å². The molecule has 5 heteroatoms. The van der Waals surface area contributed by atoms with Crippen LogP contribution in [0, 0.1) is 0 Å².